The van der Waals surface area contributed by atoms with Crippen molar-refractivity contribution in [2.45, 2.75) is 18.9 Å². The van der Waals surface area contributed by atoms with E-state index < -0.39 is 5.60 Å². The molecule has 2 nitrogen and oxygen atoms in total. The van der Waals surface area contributed by atoms with Crippen LogP contribution in [0.3, 0.4) is 0 Å². The monoisotopic (exact) mass is 178 g/mol. The molecule has 0 aliphatic heterocycles. The van der Waals surface area contributed by atoms with Gasteiger partial charge in [0.15, 0.2) is 12.4 Å². The van der Waals surface area contributed by atoms with E-state index in [1.54, 1.807) is 13.0 Å². The minimum Gasteiger partial charge on any atom is -0.385 e. The van der Waals surface area contributed by atoms with E-state index in [-0.39, 0.29) is 0 Å². The molecule has 0 saturated carbocycles. The lowest BCUT2D eigenvalue weighted by molar-refractivity contribution is -0.671. The van der Waals surface area contributed by atoms with E-state index in [9.17, 15) is 5.11 Å². The average molecular weight is 178 g/mol. The standard InChI is InChI=1S/C11H16NO/c1-4-7-11(2,13)10-5-8-12(3)9-6-10/h4-6,8-9,13H,1,7H2,2-3H3/q+1. The van der Waals surface area contributed by atoms with Gasteiger partial charge in [0.25, 0.3) is 0 Å². The summed E-state index contributed by atoms with van der Waals surface area (Å²) in [5, 5.41) is 10.00. The maximum atomic E-state index is 10.00. The second-order valence-corrected chi connectivity index (χ2v) is 3.52. The number of pyridine rings is 1. The zero-order valence-corrected chi connectivity index (χ0v) is 8.20. The molecule has 0 aromatic carbocycles. The van der Waals surface area contributed by atoms with Crippen molar-refractivity contribution < 1.29 is 9.67 Å². The van der Waals surface area contributed by atoms with E-state index in [2.05, 4.69) is 6.58 Å². The molecular formula is C11H16NO+. The molecule has 1 unspecified atom stereocenters. The summed E-state index contributed by atoms with van der Waals surface area (Å²) in [6.45, 7) is 5.42. The molecule has 0 radical (unpaired) electrons. The molecule has 1 heterocycles. The van der Waals surface area contributed by atoms with Gasteiger partial charge in [0.05, 0.1) is 5.60 Å². The van der Waals surface area contributed by atoms with Crippen molar-refractivity contribution in [3.05, 3.63) is 42.7 Å². The van der Waals surface area contributed by atoms with Crippen LogP contribution in [0.2, 0.25) is 0 Å². The van der Waals surface area contributed by atoms with Crippen LogP contribution >= 0.6 is 0 Å². The van der Waals surface area contributed by atoms with Gasteiger partial charge in [-0.2, -0.15) is 0 Å². The van der Waals surface area contributed by atoms with Gasteiger partial charge >= 0.3 is 0 Å². The molecule has 0 saturated heterocycles. The van der Waals surface area contributed by atoms with Crippen LogP contribution in [-0.4, -0.2) is 5.11 Å². The Hall–Kier alpha value is -1.15. The number of aryl methyl sites for hydroxylation is 1. The molecule has 70 valence electrons. The van der Waals surface area contributed by atoms with Gasteiger partial charge in [-0.1, -0.05) is 6.08 Å². The second-order valence-electron chi connectivity index (χ2n) is 3.52. The van der Waals surface area contributed by atoms with E-state index in [0.29, 0.717) is 6.42 Å². The Morgan fingerprint density at radius 1 is 1.54 bits per heavy atom. The summed E-state index contributed by atoms with van der Waals surface area (Å²) >= 11 is 0. The maximum absolute atomic E-state index is 10.00. The van der Waals surface area contributed by atoms with Gasteiger partial charge in [-0.05, 0) is 18.9 Å². The van der Waals surface area contributed by atoms with Crippen molar-refractivity contribution in [1.82, 2.24) is 0 Å². The minimum atomic E-state index is -0.796. The largest absolute Gasteiger partial charge is 0.385 e. The number of hydrogen-bond donors (Lipinski definition) is 1. The lowest BCUT2D eigenvalue weighted by Gasteiger charge is -2.20. The number of aliphatic hydroxyl groups is 1. The van der Waals surface area contributed by atoms with Crippen LogP contribution in [0.15, 0.2) is 37.2 Å². The zero-order chi connectivity index (χ0) is 9.90. The lowest BCUT2D eigenvalue weighted by Crippen LogP contribution is -2.28. The molecule has 0 aliphatic carbocycles. The molecular weight excluding hydrogens is 162 g/mol. The Morgan fingerprint density at radius 2 is 2.08 bits per heavy atom. The molecule has 0 fully saturated rings. The molecule has 0 spiro atoms. The van der Waals surface area contributed by atoms with Crippen LogP contribution in [-0.2, 0) is 12.6 Å². The van der Waals surface area contributed by atoms with Crippen molar-refractivity contribution in [3.63, 3.8) is 0 Å². The van der Waals surface area contributed by atoms with Crippen LogP contribution in [0.1, 0.15) is 18.9 Å². The summed E-state index contributed by atoms with van der Waals surface area (Å²) in [6.07, 6.45) is 6.15. The van der Waals surface area contributed by atoms with Crippen LogP contribution < -0.4 is 4.57 Å². The Morgan fingerprint density at radius 3 is 2.54 bits per heavy atom. The van der Waals surface area contributed by atoms with E-state index in [4.69, 9.17) is 0 Å². The molecule has 0 aliphatic rings. The fourth-order valence-corrected chi connectivity index (χ4v) is 1.26. The summed E-state index contributed by atoms with van der Waals surface area (Å²) in [6, 6.07) is 3.84. The Kier molecular flexibility index (Phi) is 2.83. The average Bonchev–Trinajstić information content (AvgIpc) is 2.05. The molecule has 1 atom stereocenters. The number of rotatable bonds is 3. The van der Waals surface area contributed by atoms with Gasteiger partial charge in [-0.15, -0.1) is 6.58 Å². The van der Waals surface area contributed by atoms with E-state index in [0.717, 1.165) is 5.56 Å². The summed E-state index contributed by atoms with van der Waals surface area (Å²) in [5.41, 5.74) is 0.126. The van der Waals surface area contributed by atoms with Gasteiger partial charge in [-0.3, -0.25) is 0 Å². The van der Waals surface area contributed by atoms with Gasteiger partial charge in [0.1, 0.15) is 7.05 Å². The molecule has 13 heavy (non-hydrogen) atoms. The lowest BCUT2D eigenvalue weighted by atomic mass is 9.94. The van der Waals surface area contributed by atoms with Crippen molar-refractivity contribution in [3.8, 4) is 0 Å². The van der Waals surface area contributed by atoms with Crippen molar-refractivity contribution in [2.75, 3.05) is 0 Å². The highest BCUT2D eigenvalue weighted by Crippen LogP contribution is 2.23. The molecule has 1 aromatic heterocycles. The predicted molar refractivity (Wildman–Crippen MR) is 52.0 cm³/mol. The quantitative estimate of drug-likeness (QED) is 0.547. The third-order valence-corrected chi connectivity index (χ3v) is 2.14. The molecule has 0 bridgehead atoms. The third-order valence-electron chi connectivity index (χ3n) is 2.14. The van der Waals surface area contributed by atoms with E-state index >= 15 is 0 Å². The smallest absolute Gasteiger partial charge is 0.168 e. The highest BCUT2D eigenvalue weighted by Gasteiger charge is 2.21. The molecule has 1 N–H and O–H groups in total. The first-order valence-corrected chi connectivity index (χ1v) is 4.35. The summed E-state index contributed by atoms with van der Waals surface area (Å²) < 4.78 is 1.94. The molecule has 0 amide bonds. The van der Waals surface area contributed by atoms with Gasteiger partial charge < -0.3 is 5.11 Å². The van der Waals surface area contributed by atoms with Crippen molar-refractivity contribution in [1.29, 1.82) is 0 Å². The highest BCUT2D eigenvalue weighted by molar-refractivity contribution is 5.17. The van der Waals surface area contributed by atoms with Crippen molar-refractivity contribution >= 4 is 0 Å². The normalized spacial score (nSPS) is 15.0. The second kappa shape index (κ2) is 3.71. The summed E-state index contributed by atoms with van der Waals surface area (Å²) in [4.78, 5) is 0. The number of nitrogens with zero attached hydrogens (tertiary/aromatic N) is 1. The Labute approximate surface area is 79.2 Å². The molecule has 1 aromatic rings. The Bertz CT molecular complexity index is 287. The fourth-order valence-electron chi connectivity index (χ4n) is 1.26. The van der Waals surface area contributed by atoms with Gasteiger partial charge in [0.2, 0.25) is 0 Å². The fraction of sp³-hybridized carbons (Fsp3) is 0.364. The number of aromatic nitrogens is 1. The van der Waals surface area contributed by atoms with Crippen molar-refractivity contribution in [2.24, 2.45) is 7.05 Å². The van der Waals surface area contributed by atoms with E-state index in [1.807, 2.05) is 36.1 Å². The first-order valence-electron chi connectivity index (χ1n) is 4.35. The van der Waals surface area contributed by atoms with Gasteiger partial charge in [0, 0.05) is 12.1 Å². The summed E-state index contributed by atoms with van der Waals surface area (Å²) in [5.74, 6) is 0. The molecule has 1 rings (SSSR count). The van der Waals surface area contributed by atoms with E-state index in [1.165, 1.54) is 0 Å². The first kappa shape index (κ1) is 9.93. The number of hydrogen-bond acceptors (Lipinski definition) is 1. The Balaban J connectivity index is 2.93. The first-order chi connectivity index (χ1) is 6.06. The third kappa shape index (κ3) is 2.39. The van der Waals surface area contributed by atoms with Crippen LogP contribution in [0.4, 0.5) is 0 Å². The minimum absolute atomic E-state index is 0.570. The maximum Gasteiger partial charge on any atom is 0.168 e. The van der Waals surface area contributed by atoms with Crippen LogP contribution in [0, 0.1) is 0 Å². The predicted octanol–water partition coefficient (Wildman–Crippen LogP) is 1.29. The highest BCUT2D eigenvalue weighted by atomic mass is 16.3. The molecule has 2 heteroatoms. The van der Waals surface area contributed by atoms with Gasteiger partial charge in [-0.25, -0.2) is 4.57 Å². The zero-order valence-electron chi connectivity index (χ0n) is 8.20. The van der Waals surface area contributed by atoms with Crippen LogP contribution in [0.25, 0.3) is 0 Å². The van der Waals surface area contributed by atoms with Crippen LogP contribution in [0.5, 0.6) is 0 Å². The SMILES string of the molecule is C=CCC(C)(O)c1cc[n+](C)cc1. The topological polar surface area (TPSA) is 24.1 Å². The summed E-state index contributed by atoms with van der Waals surface area (Å²) in [7, 11) is 1.95.